The third-order valence-corrected chi connectivity index (χ3v) is 5.42. The minimum Gasteiger partial charge on any atom is -0.345 e. The van der Waals surface area contributed by atoms with Crippen molar-refractivity contribution in [3.8, 4) is 0 Å². The molecule has 0 radical (unpaired) electrons. The van der Waals surface area contributed by atoms with Crippen LogP contribution in [0.2, 0.25) is 5.02 Å². The van der Waals surface area contributed by atoms with E-state index in [2.05, 4.69) is 21.2 Å². The predicted octanol–water partition coefficient (Wildman–Crippen LogP) is 5.35. The third-order valence-electron chi connectivity index (χ3n) is 3.05. The zero-order valence-electron chi connectivity index (χ0n) is 11.2. The number of rotatable bonds is 4. The lowest BCUT2D eigenvalue weighted by atomic mass is 10.0. The molecule has 0 aliphatic rings. The third kappa shape index (κ3) is 3.62. The number of amides is 1. The van der Waals surface area contributed by atoms with E-state index in [-0.39, 0.29) is 11.9 Å². The van der Waals surface area contributed by atoms with E-state index in [9.17, 15) is 4.79 Å². The molecule has 1 aromatic carbocycles. The standard InChI is InChI=1S/C15H15BrClNOS/c1-3-12(10-5-4-6-11(17)8-10)18-15(19)13-7-9(2)14(16)20-13/h4-8,12H,3H2,1-2H3,(H,18,19). The monoisotopic (exact) mass is 371 g/mol. The van der Waals surface area contributed by atoms with Gasteiger partial charge in [0.25, 0.3) is 5.91 Å². The molecule has 1 amide bonds. The van der Waals surface area contributed by atoms with Crippen LogP contribution in [0.5, 0.6) is 0 Å². The van der Waals surface area contributed by atoms with Gasteiger partial charge in [-0.25, -0.2) is 0 Å². The van der Waals surface area contributed by atoms with Gasteiger partial charge in [-0.15, -0.1) is 11.3 Å². The molecule has 2 rings (SSSR count). The van der Waals surface area contributed by atoms with Crippen molar-refractivity contribution < 1.29 is 4.79 Å². The highest BCUT2D eigenvalue weighted by molar-refractivity contribution is 9.11. The number of hydrogen-bond acceptors (Lipinski definition) is 2. The molecule has 1 aromatic heterocycles. The van der Waals surface area contributed by atoms with Gasteiger partial charge in [0.05, 0.1) is 14.7 Å². The molecule has 1 atom stereocenters. The molecular weight excluding hydrogens is 358 g/mol. The maximum Gasteiger partial charge on any atom is 0.261 e. The van der Waals surface area contributed by atoms with E-state index in [0.29, 0.717) is 5.02 Å². The molecule has 2 aromatic rings. The molecule has 0 bridgehead atoms. The van der Waals surface area contributed by atoms with Gasteiger partial charge in [-0.2, -0.15) is 0 Å². The van der Waals surface area contributed by atoms with E-state index in [4.69, 9.17) is 11.6 Å². The van der Waals surface area contributed by atoms with Crippen LogP contribution in [0.15, 0.2) is 34.1 Å². The molecule has 0 spiro atoms. The average Bonchev–Trinajstić information content (AvgIpc) is 2.76. The normalized spacial score (nSPS) is 12.2. The van der Waals surface area contributed by atoms with E-state index in [1.165, 1.54) is 11.3 Å². The molecule has 2 nitrogen and oxygen atoms in total. The van der Waals surface area contributed by atoms with Gasteiger partial charge in [0.2, 0.25) is 0 Å². The number of halogens is 2. The molecule has 0 fully saturated rings. The fraction of sp³-hybridized carbons (Fsp3) is 0.267. The van der Waals surface area contributed by atoms with Crippen LogP contribution >= 0.6 is 38.9 Å². The number of hydrogen-bond donors (Lipinski definition) is 1. The number of benzene rings is 1. The highest BCUT2D eigenvalue weighted by atomic mass is 79.9. The molecule has 1 N–H and O–H groups in total. The molecule has 0 saturated heterocycles. The smallest absolute Gasteiger partial charge is 0.261 e. The molecule has 0 aliphatic heterocycles. The van der Waals surface area contributed by atoms with Gasteiger partial charge in [-0.1, -0.05) is 30.7 Å². The highest BCUT2D eigenvalue weighted by Gasteiger charge is 2.16. The van der Waals surface area contributed by atoms with Gasteiger partial charge in [0.1, 0.15) is 0 Å². The highest BCUT2D eigenvalue weighted by Crippen LogP contribution is 2.28. The summed E-state index contributed by atoms with van der Waals surface area (Å²) in [6.45, 7) is 4.02. The molecule has 1 heterocycles. The number of carbonyl (C=O) groups excluding carboxylic acids is 1. The Balaban J connectivity index is 2.16. The molecule has 1 unspecified atom stereocenters. The molecule has 106 valence electrons. The van der Waals surface area contributed by atoms with E-state index in [0.717, 1.165) is 26.2 Å². The Bertz CT molecular complexity index is 607. The average molecular weight is 373 g/mol. The fourth-order valence-electron chi connectivity index (χ4n) is 1.95. The summed E-state index contributed by atoms with van der Waals surface area (Å²) in [4.78, 5) is 13.0. The number of carbonyl (C=O) groups is 1. The largest absolute Gasteiger partial charge is 0.345 e. The number of aryl methyl sites for hydroxylation is 1. The molecule has 0 saturated carbocycles. The Morgan fingerprint density at radius 3 is 2.75 bits per heavy atom. The summed E-state index contributed by atoms with van der Waals surface area (Å²) in [5.74, 6) is -0.0457. The van der Waals surface area contributed by atoms with Gasteiger partial charge >= 0.3 is 0 Å². The summed E-state index contributed by atoms with van der Waals surface area (Å²) in [6, 6.07) is 9.48. The summed E-state index contributed by atoms with van der Waals surface area (Å²) in [5, 5.41) is 3.74. The topological polar surface area (TPSA) is 29.1 Å². The zero-order valence-corrected chi connectivity index (χ0v) is 14.4. The second-order valence-corrected chi connectivity index (χ2v) is 7.36. The molecule has 20 heavy (non-hydrogen) atoms. The van der Waals surface area contributed by atoms with Gasteiger partial charge in [-0.05, 0) is 58.6 Å². The quantitative estimate of drug-likeness (QED) is 0.769. The maximum atomic E-state index is 12.3. The Hall–Kier alpha value is -0.840. The lowest BCUT2D eigenvalue weighted by Gasteiger charge is -2.17. The van der Waals surface area contributed by atoms with Crippen molar-refractivity contribution >= 4 is 44.8 Å². The van der Waals surface area contributed by atoms with Crippen molar-refractivity contribution in [2.75, 3.05) is 0 Å². The van der Waals surface area contributed by atoms with Crippen molar-refractivity contribution in [2.45, 2.75) is 26.3 Å². The summed E-state index contributed by atoms with van der Waals surface area (Å²) in [5.41, 5.74) is 2.11. The first-order valence-corrected chi connectivity index (χ1v) is 8.32. The van der Waals surface area contributed by atoms with Crippen LogP contribution in [0, 0.1) is 6.92 Å². The van der Waals surface area contributed by atoms with Crippen molar-refractivity contribution in [3.05, 3.63) is 55.1 Å². The van der Waals surface area contributed by atoms with E-state index < -0.39 is 0 Å². The van der Waals surface area contributed by atoms with Crippen LogP contribution in [0.25, 0.3) is 0 Å². The second-order valence-electron chi connectivity index (χ2n) is 4.56. The Morgan fingerprint density at radius 1 is 1.45 bits per heavy atom. The van der Waals surface area contributed by atoms with Crippen molar-refractivity contribution in [3.63, 3.8) is 0 Å². The van der Waals surface area contributed by atoms with Crippen molar-refractivity contribution in [1.82, 2.24) is 5.32 Å². The molecule has 0 aliphatic carbocycles. The zero-order chi connectivity index (χ0) is 14.7. The van der Waals surface area contributed by atoms with E-state index >= 15 is 0 Å². The van der Waals surface area contributed by atoms with Crippen LogP contribution in [0.1, 0.15) is 40.2 Å². The van der Waals surface area contributed by atoms with Crippen LogP contribution in [0.3, 0.4) is 0 Å². The van der Waals surface area contributed by atoms with Crippen LogP contribution < -0.4 is 5.32 Å². The Kier molecular flexibility index (Phi) is 5.24. The Morgan fingerprint density at radius 2 is 2.20 bits per heavy atom. The van der Waals surface area contributed by atoms with Crippen LogP contribution in [0.4, 0.5) is 0 Å². The summed E-state index contributed by atoms with van der Waals surface area (Å²) in [6.07, 6.45) is 0.817. The van der Waals surface area contributed by atoms with Crippen LogP contribution in [-0.4, -0.2) is 5.91 Å². The van der Waals surface area contributed by atoms with Gasteiger partial charge in [0.15, 0.2) is 0 Å². The number of nitrogens with one attached hydrogen (secondary N) is 1. The minimum atomic E-state index is -0.0457. The first-order valence-electron chi connectivity index (χ1n) is 6.33. The van der Waals surface area contributed by atoms with Crippen molar-refractivity contribution in [1.29, 1.82) is 0 Å². The molecular formula is C15H15BrClNOS. The SMILES string of the molecule is CCC(NC(=O)c1cc(C)c(Br)s1)c1cccc(Cl)c1. The molecule has 5 heteroatoms. The predicted molar refractivity (Wildman–Crippen MR) is 88.7 cm³/mol. The summed E-state index contributed by atoms with van der Waals surface area (Å²) < 4.78 is 0.999. The lowest BCUT2D eigenvalue weighted by Crippen LogP contribution is -2.27. The first-order chi connectivity index (χ1) is 9.51. The van der Waals surface area contributed by atoms with E-state index in [1.54, 1.807) is 0 Å². The summed E-state index contributed by atoms with van der Waals surface area (Å²) in [7, 11) is 0. The van der Waals surface area contributed by atoms with Gasteiger partial charge in [0, 0.05) is 5.02 Å². The maximum absolute atomic E-state index is 12.3. The first kappa shape index (κ1) is 15.5. The summed E-state index contributed by atoms with van der Waals surface area (Å²) >= 11 is 10.9. The van der Waals surface area contributed by atoms with Gasteiger partial charge in [-0.3, -0.25) is 4.79 Å². The number of thiophene rings is 1. The second kappa shape index (κ2) is 6.74. The van der Waals surface area contributed by atoms with Crippen molar-refractivity contribution in [2.24, 2.45) is 0 Å². The Labute approximate surface area is 136 Å². The van der Waals surface area contributed by atoms with E-state index in [1.807, 2.05) is 44.2 Å². The minimum absolute atomic E-state index is 0.0256. The van der Waals surface area contributed by atoms with Crippen LogP contribution in [-0.2, 0) is 0 Å². The van der Waals surface area contributed by atoms with Gasteiger partial charge < -0.3 is 5.32 Å². The lowest BCUT2D eigenvalue weighted by molar-refractivity contribution is 0.0939. The fourth-order valence-corrected chi connectivity index (χ4v) is 3.58.